The van der Waals surface area contributed by atoms with Crippen LogP contribution in [0.25, 0.3) is 16.1 Å². The monoisotopic (exact) mass is 285 g/mol. The van der Waals surface area contributed by atoms with Gasteiger partial charge in [-0.15, -0.1) is 5.10 Å². The Morgan fingerprint density at radius 2 is 2.05 bits per heavy atom. The van der Waals surface area contributed by atoms with E-state index >= 15 is 0 Å². The lowest BCUT2D eigenvalue weighted by Gasteiger charge is -1.93. The van der Waals surface area contributed by atoms with Crippen LogP contribution in [0.15, 0.2) is 28.7 Å². The number of rotatable bonds is 2. The molecule has 3 aromatic heterocycles. The third kappa shape index (κ3) is 1.67. The summed E-state index contributed by atoms with van der Waals surface area (Å²) in [5, 5.41) is 7.40. The molecule has 20 heavy (non-hydrogen) atoms. The molecule has 0 spiro atoms. The van der Waals surface area contributed by atoms with Crippen LogP contribution in [-0.4, -0.2) is 19.6 Å². The number of hydrogen-bond acceptors (Lipinski definition) is 6. The van der Waals surface area contributed by atoms with Gasteiger partial charge in [-0.25, -0.2) is 4.52 Å². The summed E-state index contributed by atoms with van der Waals surface area (Å²) in [5.74, 6) is 0.492. The number of aryl methyl sites for hydroxylation is 2. The summed E-state index contributed by atoms with van der Waals surface area (Å²) in [7, 11) is 0. The van der Waals surface area contributed by atoms with Crippen molar-refractivity contribution in [2.75, 3.05) is 5.32 Å². The normalized spacial score (nSPS) is 11.5. The van der Waals surface area contributed by atoms with E-state index < -0.39 is 0 Å². The van der Waals surface area contributed by atoms with Crippen LogP contribution < -0.4 is 5.32 Å². The fourth-order valence-corrected chi connectivity index (χ4v) is 2.92. The van der Waals surface area contributed by atoms with E-state index in [1.807, 2.05) is 35.7 Å². The highest BCUT2D eigenvalue weighted by Gasteiger charge is 2.12. The first-order valence-electron chi connectivity index (χ1n) is 6.16. The molecule has 4 aromatic rings. The third-order valence-electron chi connectivity index (χ3n) is 3.16. The number of benzene rings is 1. The fraction of sp³-hybridized carbons (Fsp3) is 0.154. The molecule has 0 bridgehead atoms. The number of fused-ring (bicyclic) bond motifs is 2. The second-order valence-corrected chi connectivity index (χ2v) is 5.67. The molecule has 0 saturated carbocycles. The van der Waals surface area contributed by atoms with Gasteiger partial charge in [0.2, 0.25) is 4.96 Å². The van der Waals surface area contributed by atoms with Crippen LogP contribution in [0.4, 0.5) is 12.0 Å². The summed E-state index contributed by atoms with van der Waals surface area (Å²) in [4.78, 5) is 10.8. The van der Waals surface area contributed by atoms with Crippen LogP contribution >= 0.6 is 11.3 Å². The summed E-state index contributed by atoms with van der Waals surface area (Å²) in [6.07, 6.45) is 0. The van der Waals surface area contributed by atoms with Gasteiger partial charge >= 0.3 is 6.01 Å². The molecule has 100 valence electrons. The molecule has 0 atom stereocenters. The van der Waals surface area contributed by atoms with E-state index in [0.717, 1.165) is 21.8 Å². The summed E-state index contributed by atoms with van der Waals surface area (Å²) in [5.41, 5.74) is 2.65. The minimum atomic E-state index is 0.402. The van der Waals surface area contributed by atoms with Gasteiger partial charge in [0, 0.05) is 4.88 Å². The molecule has 4 rings (SSSR count). The van der Waals surface area contributed by atoms with E-state index in [-0.39, 0.29) is 0 Å². The highest BCUT2D eigenvalue weighted by molar-refractivity contribution is 7.17. The van der Waals surface area contributed by atoms with Crippen molar-refractivity contribution in [2.24, 2.45) is 0 Å². The van der Waals surface area contributed by atoms with Gasteiger partial charge in [-0.2, -0.15) is 9.97 Å². The quantitative estimate of drug-likeness (QED) is 0.612. The highest BCUT2D eigenvalue weighted by Crippen LogP contribution is 2.24. The number of nitrogens with zero attached hydrogens (tertiary/aromatic N) is 4. The Hall–Kier alpha value is -2.41. The Bertz CT molecular complexity index is 886. The van der Waals surface area contributed by atoms with Crippen LogP contribution in [-0.2, 0) is 0 Å². The lowest BCUT2D eigenvalue weighted by Crippen LogP contribution is -1.94. The molecule has 0 aliphatic rings. The zero-order valence-electron chi connectivity index (χ0n) is 10.9. The molecule has 0 aliphatic carbocycles. The molecule has 1 aromatic carbocycles. The van der Waals surface area contributed by atoms with Gasteiger partial charge in [-0.05, 0) is 26.0 Å². The molecule has 0 aliphatic heterocycles. The van der Waals surface area contributed by atoms with E-state index in [9.17, 15) is 0 Å². The van der Waals surface area contributed by atoms with E-state index in [0.29, 0.717) is 12.0 Å². The number of para-hydroxylation sites is 2. The van der Waals surface area contributed by atoms with E-state index in [4.69, 9.17) is 4.42 Å². The summed E-state index contributed by atoms with van der Waals surface area (Å²) in [6.45, 7) is 4.08. The Kier molecular flexibility index (Phi) is 2.31. The van der Waals surface area contributed by atoms with Crippen LogP contribution in [0.3, 0.4) is 0 Å². The molecule has 1 N–H and O–H groups in total. The first kappa shape index (κ1) is 11.4. The fourth-order valence-electron chi connectivity index (χ4n) is 2.02. The van der Waals surface area contributed by atoms with Crippen molar-refractivity contribution >= 4 is 39.4 Å². The number of aromatic nitrogens is 4. The minimum Gasteiger partial charge on any atom is -0.423 e. The Morgan fingerprint density at radius 3 is 2.85 bits per heavy atom. The number of hydrogen-bond donors (Lipinski definition) is 1. The molecular formula is C13H11N5OS. The van der Waals surface area contributed by atoms with Crippen LogP contribution in [0.1, 0.15) is 10.6 Å². The van der Waals surface area contributed by atoms with Gasteiger partial charge in [0.15, 0.2) is 5.58 Å². The van der Waals surface area contributed by atoms with Crippen molar-refractivity contribution < 1.29 is 4.42 Å². The molecule has 0 fully saturated rings. The van der Waals surface area contributed by atoms with E-state index in [1.165, 1.54) is 4.88 Å². The minimum absolute atomic E-state index is 0.402. The SMILES string of the molecule is Cc1sc2nc(Nc3nc4ccccc4o3)nn2c1C. The average molecular weight is 285 g/mol. The van der Waals surface area contributed by atoms with Crippen molar-refractivity contribution in [1.82, 2.24) is 19.6 Å². The Balaban J connectivity index is 1.72. The van der Waals surface area contributed by atoms with Gasteiger partial charge in [-0.3, -0.25) is 5.32 Å². The number of anilines is 2. The zero-order valence-corrected chi connectivity index (χ0v) is 11.7. The molecule has 6 nitrogen and oxygen atoms in total. The Labute approximate surface area is 118 Å². The first-order valence-corrected chi connectivity index (χ1v) is 6.98. The van der Waals surface area contributed by atoms with Crippen molar-refractivity contribution in [3.8, 4) is 0 Å². The molecule has 0 unspecified atom stereocenters. The predicted octanol–water partition coefficient (Wildman–Crippen LogP) is 3.29. The molecular weight excluding hydrogens is 274 g/mol. The van der Waals surface area contributed by atoms with Crippen molar-refractivity contribution in [2.45, 2.75) is 13.8 Å². The largest absolute Gasteiger partial charge is 0.423 e. The second kappa shape index (κ2) is 4.04. The predicted molar refractivity (Wildman–Crippen MR) is 77.6 cm³/mol. The average Bonchev–Trinajstić information content (AvgIpc) is 3.07. The standard InChI is InChI=1S/C13H11N5OS/c1-7-8(2)20-13-16-11(17-18(7)13)15-12-14-9-5-3-4-6-10(9)19-12/h3-6H,1-2H3,(H,14,15,17). The van der Waals surface area contributed by atoms with E-state index in [2.05, 4.69) is 27.3 Å². The Morgan fingerprint density at radius 1 is 1.20 bits per heavy atom. The molecule has 0 saturated heterocycles. The summed E-state index contributed by atoms with van der Waals surface area (Å²) < 4.78 is 7.41. The number of nitrogens with one attached hydrogen (secondary N) is 1. The number of thiazole rings is 1. The molecule has 0 radical (unpaired) electrons. The first-order chi connectivity index (χ1) is 9.70. The number of oxazole rings is 1. The summed E-state index contributed by atoms with van der Waals surface area (Å²) >= 11 is 1.61. The van der Waals surface area contributed by atoms with E-state index in [1.54, 1.807) is 11.3 Å². The van der Waals surface area contributed by atoms with Crippen LogP contribution in [0.5, 0.6) is 0 Å². The van der Waals surface area contributed by atoms with Crippen molar-refractivity contribution in [1.29, 1.82) is 0 Å². The third-order valence-corrected chi connectivity index (χ3v) is 4.21. The maximum atomic E-state index is 5.59. The second-order valence-electron chi connectivity index (χ2n) is 4.49. The maximum absolute atomic E-state index is 5.59. The summed E-state index contributed by atoms with van der Waals surface area (Å²) in [6, 6.07) is 8.01. The van der Waals surface area contributed by atoms with Crippen LogP contribution in [0, 0.1) is 13.8 Å². The van der Waals surface area contributed by atoms with Gasteiger partial charge in [0.25, 0.3) is 5.95 Å². The smallest absolute Gasteiger partial charge is 0.302 e. The van der Waals surface area contributed by atoms with Crippen molar-refractivity contribution in [3.05, 3.63) is 34.8 Å². The van der Waals surface area contributed by atoms with Crippen LogP contribution in [0.2, 0.25) is 0 Å². The topological polar surface area (TPSA) is 68.2 Å². The van der Waals surface area contributed by atoms with Gasteiger partial charge in [-0.1, -0.05) is 23.5 Å². The maximum Gasteiger partial charge on any atom is 0.302 e. The van der Waals surface area contributed by atoms with Gasteiger partial charge in [0.05, 0.1) is 5.69 Å². The van der Waals surface area contributed by atoms with Gasteiger partial charge < -0.3 is 4.42 Å². The lowest BCUT2D eigenvalue weighted by atomic mass is 10.3. The van der Waals surface area contributed by atoms with Crippen molar-refractivity contribution in [3.63, 3.8) is 0 Å². The molecule has 3 heterocycles. The molecule has 7 heteroatoms. The zero-order chi connectivity index (χ0) is 13.7. The van der Waals surface area contributed by atoms with Gasteiger partial charge in [0.1, 0.15) is 5.52 Å². The molecule has 0 amide bonds. The lowest BCUT2D eigenvalue weighted by molar-refractivity contribution is 0.621. The highest BCUT2D eigenvalue weighted by atomic mass is 32.1.